The summed E-state index contributed by atoms with van der Waals surface area (Å²) in [6.07, 6.45) is 0.231. The lowest BCUT2D eigenvalue weighted by Crippen LogP contribution is -2.35. The van der Waals surface area contributed by atoms with Crippen LogP contribution in [0.15, 0.2) is 18.2 Å². The number of ether oxygens (including phenoxy) is 1. The molecular weight excluding hydrogens is 325 g/mol. The lowest BCUT2D eigenvalue weighted by molar-refractivity contribution is 0.0289. The van der Waals surface area contributed by atoms with Gasteiger partial charge in [0.15, 0.2) is 5.78 Å². The summed E-state index contributed by atoms with van der Waals surface area (Å²) < 4.78 is 5.33. The van der Waals surface area contributed by atoms with Gasteiger partial charge in [-0.2, -0.15) is 0 Å². The van der Waals surface area contributed by atoms with Gasteiger partial charge in [0.25, 0.3) is 0 Å². The molecule has 120 valence electrons. The van der Waals surface area contributed by atoms with Gasteiger partial charge in [-0.25, -0.2) is 4.79 Å². The average molecular weight is 344 g/mol. The summed E-state index contributed by atoms with van der Waals surface area (Å²) in [4.78, 5) is 26.1. The molecule has 1 aromatic carbocycles. The van der Waals surface area contributed by atoms with Gasteiger partial charge in [-0.05, 0) is 45.4 Å². The first kappa shape index (κ1) is 17.1. The van der Waals surface area contributed by atoms with E-state index in [1.165, 1.54) is 0 Å². The summed E-state index contributed by atoms with van der Waals surface area (Å²) in [6, 6.07) is 4.79. The summed E-state index contributed by atoms with van der Waals surface area (Å²) in [5.74, 6) is -0.294. The van der Waals surface area contributed by atoms with Crippen molar-refractivity contribution in [2.75, 3.05) is 13.1 Å². The van der Waals surface area contributed by atoms with Gasteiger partial charge in [0, 0.05) is 34.6 Å². The molecule has 2 rings (SSSR count). The molecule has 1 aliphatic rings. The normalized spacial score (nSPS) is 18.4. The maximum absolute atomic E-state index is 12.5. The maximum atomic E-state index is 12.5. The Labute approximate surface area is 140 Å². The van der Waals surface area contributed by atoms with Gasteiger partial charge in [0.05, 0.1) is 0 Å². The molecule has 0 N–H and O–H groups in total. The standard InChI is InChI=1S/C16H19Cl2NO3/c1-16(2,3)22-15(21)19-5-4-10(9-19)14(20)11-6-12(17)8-13(18)7-11/h6-8,10H,4-5,9H2,1-3H3/t10-/m1/s1. The second kappa shape index (κ2) is 6.47. The minimum absolute atomic E-state index is 0.0459. The molecule has 1 atom stereocenters. The summed E-state index contributed by atoms with van der Waals surface area (Å²) in [6.45, 7) is 6.32. The molecule has 0 aliphatic carbocycles. The van der Waals surface area contributed by atoms with Crippen molar-refractivity contribution < 1.29 is 14.3 Å². The highest BCUT2D eigenvalue weighted by molar-refractivity contribution is 6.35. The number of likely N-dealkylation sites (tertiary alicyclic amines) is 1. The van der Waals surface area contributed by atoms with Crippen LogP contribution in [0.5, 0.6) is 0 Å². The SMILES string of the molecule is CC(C)(C)OC(=O)N1CC[C@@H](C(=O)c2cc(Cl)cc(Cl)c2)C1. The maximum Gasteiger partial charge on any atom is 0.410 e. The highest BCUT2D eigenvalue weighted by Gasteiger charge is 2.33. The Hall–Kier alpha value is -1.26. The van der Waals surface area contributed by atoms with Gasteiger partial charge < -0.3 is 9.64 Å². The van der Waals surface area contributed by atoms with Crippen molar-refractivity contribution in [2.24, 2.45) is 5.92 Å². The second-order valence-corrected chi connectivity index (χ2v) is 7.31. The number of ketones is 1. The number of amides is 1. The molecule has 1 aliphatic heterocycles. The first-order valence-corrected chi connectivity index (χ1v) is 7.89. The Kier molecular flexibility index (Phi) is 5.03. The van der Waals surface area contributed by atoms with Crippen molar-refractivity contribution in [2.45, 2.75) is 32.8 Å². The number of hydrogen-bond donors (Lipinski definition) is 0. The van der Waals surface area contributed by atoms with Crippen LogP contribution in [0.2, 0.25) is 10.0 Å². The summed E-state index contributed by atoms with van der Waals surface area (Å²) in [7, 11) is 0. The summed E-state index contributed by atoms with van der Waals surface area (Å²) in [5.41, 5.74) is -0.0619. The van der Waals surface area contributed by atoms with Crippen molar-refractivity contribution in [1.29, 1.82) is 0 Å². The van der Waals surface area contributed by atoms with Crippen LogP contribution >= 0.6 is 23.2 Å². The van der Waals surface area contributed by atoms with E-state index in [-0.39, 0.29) is 17.8 Å². The second-order valence-electron chi connectivity index (χ2n) is 6.43. The molecule has 0 saturated carbocycles. The van der Waals surface area contributed by atoms with Gasteiger partial charge in [-0.15, -0.1) is 0 Å². The molecule has 0 bridgehead atoms. The van der Waals surface area contributed by atoms with E-state index in [1.807, 2.05) is 20.8 Å². The van der Waals surface area contributed by atoms with Crippen molar-refractivity contribution >= 4 is 35.1 Å². The van der Waals surface area contributed by atoms with Crippen LogP contribution in [0.25, 0.3) is 0 Å². The van der Waals surface area contributed by atoms with E-state index in [0.29, 0.717) is 35.1 Å². The fourth-order valence-electron chi connectivity index (χ4n) is 2.40. The molecule has 22 heavy (non-hydrogen) atoms. The van der Waals surface area contributed by atoms with E-state index in [2.05, 4.69) is 0 Å². The minimum Gasteiger partial charge on any atom is -0.444 e. The van der Waals surface area contributed by atoms with Crippen LogP contribution in [0.3, 0.4) is 0 Å². The highest BCUT2D eigenvalue weighted by Crippen LogP contribution is 2.26. The van der Waals surface area contributed by atoms with Gasteiger partial charge in [-0.1, -0.05) is 23.2 Å². The quantitative estimate of drug-likeness (QED) is 0.746. The van der Waals surface area contributed by atoms with Crippen LogP contribution in [0, 0.1) is 5.92 Å². The van der Waals surface area contributed by atoms with Gasteiger partial charge >= 0.3 is 6.09 Å². The van der Waals surface area contributed by atoms with E-state index in [1.54, 1.807) is 23.1 Å². The van der Waals surface area contributed by atoms with Crippen LogP contribution in [0.4, 0.5) is 4.79 Å². The number of nitrogens with zero attached hydrogens (tertiary/aromatic N) is 1. The number of halogens is 2. The van der Waals surface area contributed by atoms with E-state index < -0.39 is 5.60 Å². The van der Waals surface area contributed by atoms with Crippen LogP contribution in [-0.2, 0) is 4.74 Å². The van der Waals surface area contributed by atoms with Crippen molar-refractivity contribution in [3.05, 3.63) is 33.8 Å². The largest absolute Gasteiger partial charge is 0.444 e. The van der Waals surface area contributed by atoms with Crippen molar-refractivity contribution in [3.8, 4) is 0 Å². The zero-order chi connectivity index (χ0) is 16.5. The Morgan fingerprint density at radius 1 is 1.18 bits per heavy atom. The van der Waals surface area contributed by atoms with Crippen LogP contribution in [-0.4, -0.2) is 35.5 Å². The fourth-order valence-corrected chi connectivity index (χ4v) is 2.92. The lowest BCUT2D eigenvalue weighted by atomic mass is 9.97. The van der Waals surface area contributed by atoms with Crippen molar-refractivity contribution in [3.63, 3.8) is 0 Å². The van der Waals surface area contributed by atoms with Gasteiger partial charge in [0.2, 0.25) is 0 Å². The molecule has 0 spiro atoms. The van der Waals surface area contributed by atoms with Crippen LogP contribution < -0.4 is 0 Å². The number of Topliss-reactive ketones (excluding diaryl/α,β-unsaturated/α-hetero) is 1. The zero-order valence-electron chi connectivity index (χ0n) is 12.9. The third kappa shape index (κ3) is 4.37. The fraction of sp³-hybridized carbons (Fsp3) is 0.500. The monoisotopic (exact) mass is 343 g/mol. The number of hydrogen-bond acceptors (Lipinski definition) is 3. The van der Waals surface area contributed by atoms with Gasteiger partial charge in [0.1, 0.15) is 5.60 Å². The lowest BCUT2D eigenvalue weighted by Gasteiger charge is -2.24. The van der Waals surface area contributed by atoms with Gasteiger partial charge in [-0.3, -0.25) is 4.79 Å². The topological polar surface area (TPSA) is 46.6 Å². The zero-order valence-corrected chi connectivity index (χ0v) is 14.4. The molecule has 0 unspecified atom stereocenters. The Morgan fingerprint density at radius 2 is 1.77 bits per heavy atom. The smallest absolute Gasteiger partial charge is 0.410 e. The van der Waals surface area contributed by atoms with E-state index in [0.717, 1.165) is 0 Å². The highest BCUT2D eigenvalue weighted by atomic mass is 35.5. The first-order chi connectivity index (χ1) is 10.2. The molecule has 1 aromatic rings. The molecule has 0 radical (unpaired) electrons. The average Bonchev–Trinajstić information content (AvgIpc) is 2.84. The summed E-state index contributed by atoms with van der Waals surface area (Å²) in [5, 5.41) is 0.857. The Balaban J connectivity index is 2.03. The summed E-state index contributed by atoms with van der Waals surface area (Å²) >= 11 is 11.9. The predicted molar refractivity (Wildman–Crippen MR) is 86.7 cm³/mol. The molecule has 1 amide bonds. The number of rotatable bonds is 2. The third-order valence-electron chi connectivity index (χ3n) is 3.36. The first-order valence-electron chi connectivity index (χ1n) is 7.14. The Bertz CT molecular complexity index is 575. The molecule has 1 heterocycles. The molecule has 6 heteroatoms. The molecule has 4 nitrogen and oxygen atoms in total. The number of carbonyl (C=O) groups excluding carboxylic acids is 2. The third-order valence-corrected chi connectivity index (χ3v) is 3.79. The number of carbonyl (C=O) groups is 2. The predicted octanol–water partition coefficient (Wildman–Crippen LogP) is 4.43. The molecule has 1 saturated heterocycles. The van der Waals surface area contributed by atoms with Crippen molar-refractivity contribution in [1.82, 2.24) is 4.90 Å². The Morgan fingerprint density at radius 3 is 2.32 bits per heavy atom. The van der Waals surface area contributed by atoms with E-state index in [9.17, 15) is 9.59 Å². The molecule has 0 aromatic heterocycles. The minimum atomic E-state index is -0.542. The van der Waals surface area contributed by atoms with E-state index in [4.69, 9.17) is 27.9 Å². The van der Waals surface area contributed by atoms with E-state index >= 15 is 0 Å². The number of benzene rings is 1. The molecule has 1 fully saturated rings. The van der Waals surface area contributed by atoms with Crippen LogP contribution in [0.1, 0.15) is 37.6 Å². The molecular formula is C16H19Cl2NO3.